The topological polar surface area (TPSA) is 29.5 Å². The summed E-state index contributed by atoms with van der Waals surface area (Å²) in [4.78, 5) is 12.8. The van der Waals surface area contributed by atoms with Gasteiger partial charge in [0.05, 0.1) is 6.54 Å². The molecule has 1 saturated heterocycles. The average molecular weight is 199 g/mol. The largest absolute Gasteiger partial charge is 0.441 e. The molecule has 14 heavy (non-hydrogen) atoms. The summed E-state index contributed by atoms with van der Waals surface area (Å²) in [5.41, 5.74) is -0.107. The van der Waals surface area contributed by atoms with E-state index in [1.807, 2.05) is 20.9 Å². The van der Waals surface area contributed by atoms with Crippen molar-refractivity contribution >= 4 is 6.09 Å². The van der Waals surface area contributed by atoms with Gasteiger partial charge in [-0.05, 0) is 25.7 Å². The van der Waals surface area contributed by atoms with Crippen molar-refractivity contribution in [3.63, 3.8) is 0 Å². The summed E-state index contributed by atoms with van der Waals surface area (Å²) in [5.74, 6) is 0. The van der Waals surface area contributed by atoms with Gasteiger partial charge in [-0.3, -0.25) is 0 Å². The molecule has 0 N–H and O–H groups in total. The summed E-state index contributed by atoms with van der Waals surface area (Å²) in [6.45, 7) is 4.80. The zero-order valence-corrected chi connectivity index (χ0v) is 9.51. The molecule has 2 rings (SSSR count). The second-order valence-corrected chi connectivity index (χ2v) is 3.97. The fourth-order valence-electron chi connectivity index (χ4n) is 2.25. The minimum Gasteiger partial charge on any atom is -0.441 e. The number of amides is 1. The van der Waals surface area contributed by atoms with Crippen molar-refractivity contribution in [3.05, 3.63) is 0 Å². The van der Waals surface area contributed by atoms with Gasteiger partial charge in [-0.1, -0.05) is 20.3 Å². The van der Waals surface area contributed by atoms with Crippen molar-refractivity contribution in [1.29, 1.82) is 0 Å². The van der Waals surface area contributed by atoms with Gasteiger partial charge in [-0.15, -0.1) is 0 Å². The Hall–Kier alpha value is -0.730. The quantitative estimate of drug-likeness (QED) is 0.600. The normalized spacial score (nSPS) is 24.2. The van der Waals surface area contributed by atoms with E-state index < -0.39 is 0 Å². The number of carbonyl (C=O) groups excluding carboxylic acids is 1. The van der Waals surface area contributed by atoms with Crippen LogP contribution in [-0.4, -0.2) is 30.2 Å². The first-order valence-corrected chi connectivity index (χ1v) is 5.66. The molecule has 0 atom stereocenters. The molecule has 0 aromatic rings. The van der Waals surface area contributed by atoms with Crippen LogP contribution in [-0.2, 0) is 4.74 Å². The number of hydrogen-bond donors (Lipinski definition) is 0. The SMILES string of the molecule is CC.CN1CC2(CCCCC2)OC1=O. The molecule has 0 unspecified atom stereocenters. The van der Waals surface area contributed by atoms with E-state index in [2.05, 4.69) is 0 Å². The van der Waals surface area contributed by atoms with Crippen LogP contribution in [0.3, 0.4) is 0 Å². The van der Waals surface area contributed by atoms with E-state index in [0.717, 1.165) is 19.4 Å². The van der Waals surface area contributed by atoms with Crippen LogP contribution in [0.15, 0.2) is 0 Å². The van der Waals surface area contributed by atoms with Gasteiger partial charge in [0.2, 0.25) is 0 Å². The van der Waals surface area contributed by atoms with Crippen LogP contribution in [0.2, 0.25) is 0 Å². The Kier molecular flexibility index (Phi) is 3.78. The maximum atomic E-state index is 11.2. The number of likely N-dealkylation sites (N-methyl/N-ethyl adjacent to an activating group) is 1. The van der Waals surface area contributed by atoms with E-state index in [0.29, 0.717) is 0 Å². The highest BCUT2D eigenvalue weighted by atomic mass is 16.6. The Balaban J connectivity index is 0.000000461. The third-order valence-electron chi connectivity index (χ3n) is 2.91. The lowest BCUT2D eigenvalue weighted by molar-refractivity contribution is 0.0260. The maximum Gasteiger partial charge on any atom is 0.410 e. The van der Waals surface area contributed by atoms with Crippen molar-refractivity contribution in [3.8, 4) is 0 Å². The molecule has 1 heterocycles. The summed E-state index contributed by atoms with van der Waals surface area (Å²) in [6, 6.07) is 0. The van der Waals surface area contributed by atoms with Gasteiger partial charge in [0.25, 0.3) is 0 Å². The van der Waals surface area contributed by atoms with Crippen LogP contribution in [0.1, 0.15) is 46.0 Å². The lowest BCUT2D eigenvalue weighted by Gasteiger charge is -2.30. The van der Waals surface area contributed by atoms with Crippen LogP contribution in [0, 0.1) is 0 Å². The first-order chi connectivity index (χ1) is 6.72. The molecule has 3 heteroatoms. The van der Waals surface area contributed by atoms with Gasteiger partial charge in [-0.25, -0.2) is 4.79 Å². The van der Waals surface area contributed by atoms with E-state index in [4.69, 9.17) is 4.74 Å². The van der Waals surface area contributed by atoms with Crippen LogP contribution in [0.4, 0.5) is 4.79 Å². The molecular weight excluding hydrogens is 178 g/mol. The summed E-state index contributed by atoms with van der Waals surface area (Å²) >= 11 is 0. The molecule has 0 aromatic heterocycles. The first kappa shape index (κ1) is 11.3. The zero-order chi connectivity index (χ0) is 10.6. The molecular formula is C11H21NO2. The molecule has 1 aliphatic carbocycles. The minimum absolute atomic E-state index is 0.107. The molecule has 2 aliphatic rings. The van der Waals surface area contributed by atoms with Crippen LogP contribution < -0.4 is 0 Å². The second kappa shape index (κ2) is 4.67. The Morgan fingerprint density at radius 3 is 2.21 bits per heavy atom. The standard InChI is InChI=1S/C9H15NO2.C2H6/c1-10-7-9(12-8(10)11)5-3-2-4-6-9;1-2/h2-7H2,1H3;1-2H3. The van der Waals surface area contributed by atoms with Crippen molar-refractivity contribution in [2.45, 2.75) is 51.6 Å². The van der Waals surface area contributed by atoms with E-state index in [1.165, 1.54) is 19.3 Å². The third kappa shape index (κ3) is 2.20. The second-order valence-electron chi connectivity index (χ2n) is 3.97. The summed E-state index contributed by atoms with van der Waals surface area (Å²) in [5, 5.41) is 0. The summed E-state index contributed by atoms with van der Waals surface area (Å²) in [6.07, 6.45) is 5.69. The number of carbonyl (C=O) groups is 1. The predicted molar refractivity (Wildman–Crippen MR) is 56.3 cm³/mol. The molecule has 1 aliphatic heterocycles. The van der Waals surface area contributed by atoms with Crippen molar-refractivity contribution in [1.82, 2.24) is 4.90 Å². The van der Waals surface area contributed by atoms with E-state index in [9.17, 15) is 4.79 Å². The Morgan fingerprint density at radius 1 is 1.21 bits per heavy atom. The predicted octanol–water partition coefficient (Wildman–Crippen LogP) is 2.80. The summed E-state index contributed by atoms with van der Waals surface area (Å²) < 4.78 is 5.39. The maximum absolute atomic E-state index is 11.2. The number of rotatable bonds is 0. The monoisotopic (exact) mass is 199 g/mol. The van der Waals surface area contributed by atoms with Gasteiger partial charge in [0, 0.05) is 7.05 Å². The average Bonchev–Trinajstić information content (AvgIpc) is 2.46. The van der Waals surface area contributed by atoms with Gasteiger partial charge >= 0.3 is 6.09 Å². The highest BCUT2D eigenvalue weighted by Crippen LogP contribution is 2.36. The van der Waals surface area contributed by atoms with Gasteiger partial charge < -0.3 is 9.64 Å². The van der Waals surface area contributed by atoms with Gasteiger partial charge in [0.1, 0.15) is 5.60 Å². The number of nitrogens with zero attached hydrogens (tertiary/aromatic N) is 1. The zero-order valence-electron chi connectivity index (χ0n) is 9.51. The van der Waals surface area contributed by atoms with Crippen molar-refractivity contribution in [2.75, 3.05) is 13.6 Å². The van der Waals surface area contributed by atoms with Crippen molar-refractivity contribution in [2.24, 2.45) is 0 Å². The first-order valence-electron chi connectivity index (χ1n) is 5.66. The molecule has 82 valence electrons. The van der Waals surface area contributed by atoms with Gasteiger partial charge in [-0.2, -0.15) is 0 Å². The highest BCUT2D eigenvalue weighted by molar-refractivity contribution is 5.70. The van der Waals surface area contributed by atoms with Crippen LogP contribution in [0.5, 0.6) is 0 Å². The number of hydrogen-bond acceptors (Lipinski definition) is 2. The Bertz CT molecular complexity index is 197. The van der Waals surface area contributed by atoms with E-state index in [-0.39, 0.29) is 11.7 Å². The number of ether oxygens (including phenoxy) is 1. The molecule has 0 aromatic carbocycles. The molecule has 1 spiro atoms. The lowest BCUT2D eigenvalue weighted by Crippen LogP contribution is -2.35. The van der Waals surface area contributed by atoms with Crippen molar-refractivity contribution < 1.29 is 9.53 Å². The molecule has 2 fully saturated rings. The van der Waals surface area contributed by atoms with E-state index in [1.54, 1.807) is 4.90 Å². The molecule has 0 bridgehead atoms. The van der Waals surface area contributed by atoms with E-state index >= 15 is 0 Å². The lowest BCUT2D eigenvalue weighted by atomic mass is 9.85. The molecule has 3 nitrogen and oxygen atoms in total. The fourth-order valence-corrected chi connectivity index (χ4v) is 2.25. The third-order valence-corrected chi connectivity index (χ3v) is 2.91. The van der Waals surface area contributed by atoms with Crippen LogP contribution >= 0.6 is 0 Å². The molecule has 0 radical (unpaired) electrons. The summed E-state index contributed by atoms with van der Waals surface area (Å²) in [7, 11) is 1.81. The Labute approximate surface area is 86.4 Å². The smallest absolute Gasteiger partial charge is 0.410 e. The fraction of sp³-hybridized carbons (Fsp3) is 0.909. The minimum atomic E-state index is -0.142. The van der Waals surface area contributed by atoms with Gasteiger partial charge in [0.15, 0.2) is 0 Å². The molecule has 1 amide bonds. The Morgan fingerprint density at radius 2 is 1.79 bits per heavy atom. The highest BCUT2D eigenvalue weighted by Gasteiger charge is 2.43. The molecule has 1 saturated carbocycles. The van der Waals surface area contributed by atoms with Crippen LogP contribution in [0.25, 0.3) is 0 Å².